The number of nitrogens with zero attached hydrogens (tertiary/aromatic N) is 1. The summed E-state index contributed by atoms with van der Waals surface area (Å²) in [4.78, 5) is 24.7. The molecule has 126 valence electrons. The molecule has 0 radical (unpaired) electrons. The number of amides is 2. The van der Waals surface area contributed by atoms with Crippen LogP contribution < -0.4 is 19.7 Å². The van der Waals surface area contributed by atoms with Crippen molar-refractivity contribution in [3.05, 3.63) is 48.5 Å². The summed E-state index contributed by atoms with van der Waals surface area (Å²) in [5.41, 5.74) is 1.40. The van der Waals surface area contributed by atoms with Gasteiger partial charge >= 0.3 is 0 Å². The second kappa shape index (κ2) is 8.01. The van der Waals surface area contributed by atoms with Gasteiger partial charge in [-0.25, -0.2) is 0 Å². The molecule has 0 aliphatic heterocycles. The van der Waals surface area contributed by atoms with Crippen molar-refractivity contribution in [3.63, 3.8) is 0 Å². The Bertz CT molecular complexity index is 696. The minimum atomic E-state index is -0.265. The van der Waals surface area contributed by atoms with E-state index < -0.39 is 0 Å². The van der Waals surface area contributed by atoms with Crippen LogP contribution in [0.25, 0.3) is 0 Å². The average molecular weight is 328 g/mol. The first-order valence-electron chi connectivity index (χ1n) is 7.40. The molecule has 6 heteroatoms. The van der Waals surface area contributed by atoms with Crippen LogP contribution in [-0.4, -0.2) is 32.6 Å². The Morgan fingerprint density at radius 2 is 1.58 bits per heavy atom. The molecule has 0 saturated heterocycles. The zero-order chi connectivity index (χ0) is 17.5. The number of benzene rings is 2. The second-order valence-electron chi connectivity index (χ2n) is 5.14. The summed E-state index contributed by atoms with van der Waals surface area (Å²) in [5, 5.41) is 2.74. The Labute approximate surface area is 141 Å². The lowest BCUT2D eigenvalue weighted by molar-refractivity contribution is -0.118. The van der Waals surface area contributed by atoms with Gasteiger partial charge in [0.15, 0.2) is 6.61 Å². The van der Waals surface area contributed by atoms with E-state index in [4.69, 9.17) is 9.47 Å². The molecule has 1 N–H and O–H groups in total. The van der Waals surface area contributed by atoms with Crippen molar-refractivity contribution in [2.45, 2.75) is 6.92 Å². The Kier molecular flexibility index (Phi) is 5.78. The van der Waals surface area contributed by atoms with E-state index in [2.05, 4.69) is 5.32 Å². The quantitative estimate of drug-likeness (QED) is 0.885. The Balaban J connectivity index is 1.86. The van der Waals surface area contributed by atoms with Gasteiger partial charge in [0.25, 0.3) is 5.91 Å². The number of ether oxygens (including phenoxy) is 2. The fourth-order valence-corrected chi connectivity index (χ4v) is 1.97. The standard InChI is InChI=1S/C18H20N2O4/c1-13(21)20(2)15-6-4-14(5-7-15)19-18(22)12-24-17-10-8-16(23-3)9-11-17/h4-11H,12H2,1-3H3,(H,19,22). The van der Waals surface area contributed by atoms with Gasteiger partial charge in [0.05, 0.1) is 7.11 Å². The molecule has 0 bridgehead atoms. The number of hydrogen-bond acceptors (Lipinski definition) is 4. The van der Waals surface area contributed by atoms with Crippen LogP contribution in [0.4, 0.5) is 11.4 Å². The van der Waals surface area contributed by atoms with Gasteiger partial charge in [-0.1, -0.05) is 0 Å². The molecular formula is C18H20N2O4. The van der Waals surface area contributed by atoms with E-state index in [9.17, 15) is 9.59 Å². The first kappa shape index (κ1) is 17.3. The summed E-state index contributed by atoms with van der Waals surface area (Å²) in [5.74, 6) is 0.991. The van der Waals surface area contributed by atoms with Crippen LogP contribution in [0.3, 0.4) is 0 Å². The number of rotatable bonds is 6. The molecule has 24 heavy (non-hydrogen) atoms. The van der Waals surface area contributed by atoms with Gasteiger partial charge in [0, 0.05) is 25.3 Å². The highest BCUT2D eigenvalue weighted by Gasteiger charge is 2.07. The molecule has 0 aliphatic rings. The first-order valence-corrected chi connectivity index (χ1v) is 7.40. The molecule has 0 unspecified atom stereocenters. The Hall–Kier alpha value is -3.02. The zero-order valence-corrected chi connectivity index (χ0v) is 13.9. The maximum atomic E-state index is 11.9. The van der Waals surface area contributed by atoms with Gasteiger partial charge in [-0.15, -0.1) is 0 Å². The van der Waals surface area contributed by atoms with Crippen molar-refractivity contribution in [3.8, 4) is 11.5 Å². The van der Waals surface area contributed by atoms with Crippen LogP contribution in [0.1, 0.15) is 6.92 Å². The van der Waals surface area contributed by atoms with Crippen molar-refractivity contribution >= 4 is 23.2 Å². The van der Waals surface area contributed by atoms with Crippen molar-refractivity contribution in [2.24, 2.45) is 0 Å². The minimum absolute atomic E-state index is 0.0559. The van der Waals surface area contributed by atoms with Crippen LogP contribution in [0.5, 0.6) is 11.5 Å². The number of hydrogen-bond donors (Lipinski definition) is 1. The Morgan fingerprint density at radius 1 is 1.00 bits per heavy atom. The maximum Gasteiger partial charge on any atom is 0.262 e. The topological polar surface area (TPSA) is 67.9 Å². The van der Waals surface area contributed by atoms with E-state index in [1.807, 2.05) is 0 Å². The summed E-state index contributed by atoms with van der Waals surface area (Å²) in [6, 6.07) is 14.0. The molecule has 0 aromatic heterocycles. The van der Waals surface area contributed by atoms with Crippen LogP contribution in [0.2, 0.25) is 0 Å². The lowest BCUT2D eigenvalue weighted by Crippen LogP contribution is -2.23. The molecule has 0 heterocycles. The van der Waals surface area contributed by atoms with E-state index in [0.717, 1.165) is 11.4 Å². The van der Waals surface area contributed by atoms with Gasteiger partial charge in [-0.2, -0.15) is 0 Å². The maximum absolute atomic E-state index is 11.9. The lowest BCUT2D eigenvalue weighted by Gasteiger charge is -2.15. The molecule has 2 rings (SSSR count). The minimum Gasteiger partial charge on any atom is -0.497 e. The van der Waals surface area contributed by atoms with Crippen LogP contribution in [-0.2, 0) is 9.59 Å². The fraction of sp³-hybridized carbons (Fsp3) is 0.222. The Morgan fingerprint density at radius 3 is 2.12 bits per heavy atom. The number of carbonyl (C=O) groups is 2. The SMILES string of the molecule is COc1ccc(OCC(=O)Nc2ccc(N(C)C(C)=O)cc2)cc1. The van der Waals surface area contributed by atoms with Crippen LogP contribution >= 0.6 is 0 Å². The summed E-state index contributed by atoms with van der Waals surface area (Å²) >= 11 is 0. The molecule has 0 atom stereocenters. The monoisotopic (exact) mass is 328 g/mol. The van der Waals surface area contributed by atoms with E-state index in [1.165, 1.54) is 11.8 Å². The van der Waals surface area contributed by atoms with Crippen LogP contribution in [0, 0.1) is 0 Å². The lowest BCUT2D eigenvalue weighted by atomic mass is 10.2. The van der Waals surface area contributed by atoms with E-state index in [-0.39, 0.29) is 18.4 Å². The van der Waals surface area contributed by atoms with E-state index in [0.29, 0.717) is 11.4 Å². The molecule has 0 fully saturated rings. The summed E-state index contributed by atoms with van der Waals surface area (Å²) < 4.78 is 10.5. The summed E-state index contributed by atoms with van der Waals surface area (Å²) in [7, 11) is 3.28. The molecule has 6 nitrogen and oxygen atoms in total. The third-order valence-corrected chi connectivity index (χ3v) is 3.44. The molecule has 2 aromatic carbocycles. The predicted molar refractivity (Wildman–Crippen MR) is 92.6 cm³/mol. The third kappa shape index (κ3) is 4.74. The zero-order valence-electron chi connectivity index (χ0n) is 13.9. The highest BCUT2D eigenvalue weighted by Crippen LogP contribution is 2.18. The molecular weight excluding hydrogens is 308 g/mol. The second-order valence-corrected chi connectivity index (χ2v) is 5.14. The molecule has 0 spiro atoms. The number of nitrogens with one attached hydrogen (secondary N) is 1. The molecule has 2 aromatic rings. The summed E-state index contributed by atoms with van der Waals surface area (Å²) in [6.07, 6.45) is 0. The van der Waals surface area contributed by atoms with Crippen molar-refractivity contribution < 1.29 is 19.1 Å². The number of methoxy groups -OCH3 is 1. The highest BCUT2D eigenvalue weighted by molar-refractivity contribution is 5.93. The van der Waals surface area contributed by atoms with Crippen molar-refractivity contribution in [2.75, 3.05) is 31.0 Å². The third-order valence-electron chi connectivity index (χ3n) is 3.44. The molecule has 0 saturated carbocycles. The van der Waals surface area contributed by atoms with Gasteiger partial charge < -0.3 is 19.7 Å². The highest BCUT2D eigenvalue weighted by atomic mass is 16.5. The van der Waals surface area contributed by atoms with Gasteiger partial charge in [-0.3, -0.25) is 9.59 Å². The largest absolute Gasteiger partial charge is 0.497 e. The normalized spacial score (nSPS) is 9.96. The fourth-order valence-electron chi connectivity index (χ4n) is 1.97. The number of anilines is 2. The summed E-state index contributed by atoms with van der Waals surface area (Å²) in [6.45, 7) is 1.40. The van der Waals surface area contributed by atoms with Crippen molar-refractivity contribution in [1.82, 2.24) is 0 Å². The van der Waals surface area contributed by atoms with E-state index in [1.54, 1.807) is 62.7 Å². The van der Waals surface area contributed by atoms with Gasteiger partial charge in [-0.05, 0) is 48.5 Å². The predicted octanol–water partition coefficient (Wildman–Crippen LogP) is 2.70. The van der Waals surface area contributed by atoms with Gasteiger partial charge in [0.2, 0.25) is 5.91 Å². The average Bonchev–Trinajstić information content (AvgIpc) is 2.60. The molecule has 0 aliphatic carbocycles. The van der Waals surface area contributed by atoms with E-state index >= 15 is 0 Å². The first-order chi connectivity index (χ1) is 11.5. The molecule has 2 amide bonds. The van der Waals surface area contributed by atoms with Crippen molar-refractivity contribution in [1.29, 1.82) is 0 Å². The number of carbonyl (C=O) groups excluding carboxylic acids is 2. The smallest absolute Gasteiger partial charge is 0.262 e. The van der Waals surface area contributed by atoms with Crippen LogP contribution in [0.15, 0.2) is 48.5 Å². The van der Waals surface area contributed by atoms with Gasteiger partial charge in [0.1, 0.15) is 11.5 Å².